The average molecular weight is 270 g/mol. The predicted molar refractivity (Wildman–Crippen MR) is 78.6 cm³/mol. The number of hydrogen-bond donors (Lipinski definition) is 1. The molecule has 3 rings (SSSR count). The maximum atomic E-state index is 11.7. The van der Waals surface area contributed by atoms with E-state index in [2.05, 4.69) is 5.32 Å². The Morgan fingerprint density at radius 1 is 1.20 bits per heavy atom. The van der Waals surface area contributed by atoms with Crippen molar-refractivity contribution in [1.82, 2.24) is 9.88 Å². The lowest BCUT2D eigenvalue weighted by atomic mass is 10.2. The molecule has 1 aliphatic heterocycles. The molecule has 1 saturated heterocycles. The third-order valence-electron chi connectivity index (χ3n) is 3.55. The highest BCUT2D eigenvalue weighted by atomic mass is 16.5. The Hall–Kier alpha value is -2.07. The second-order valence-corrected chi connectivity index (χ2v) is 5.01. The SMILES string of the molecule is O=c1ccccn1-c1ccc(OC[C@@H]2CCCN2)cc1. The fraction of sp³-hybridized carbons (Fsp3) is 0.312. The third-order valence-corrected chi connectivity index (χ3v) is 3.55. The van der Waals surface area contributed by atoms with Crippen molar-refractivity contribution in [3.05, 3.63) is 59.0 Å². The summed E-state index contributed by atoms with van der Waals surface area (Å²) in [6, 6.07) is 13.2. The van der Waals surface area contributed by atoms with Crippen LogP contribution in [0.5, 0.6) is 5.75 Å². The van der Waals surface area contributed by atoms with Crippen LogP contribution in [0.1, 0.15) is 12.8 Å². The molecule has 1 aromatic carbocycles. The zero-order valence-corrected chi connectivity index (χ0v) is 11.3. The largest absolute Gasteiger partial charge is 0.492 e. The molecule has 0 amide bonds. The van der Waals surface area contributed by atoms with Gasteiger partial charge in [0.15, 0.2) is 0 Å². The van der Waals surface area contributed by atoms with Crippen molar-refractivity contribution in [2.45, 2.75) is 18.9 Å². The first-order valence-electron chi connectivity index (χ1n) is 6.97. The Morgan fingerprint density at radius 2 is 2.05 bits per heavy atom. The molecule has 1 fully saturated rings. The Labute approximate surface area is 118 Å². The van der Waals surface area contributed by atoms with E-state index in [-0.39, 0.29) is 5.56 Å². The van der Waals surface area contributed by atoms with E-state index < -0.39 is 0 Å². The van der Waals surface area contributed by atoms with Gasteiger partial charge in [0.2, 0.25) is 0 Å². The number of nitrogens with zero attached hydrogens (tertiary/aromatic N) is 1. The van der Waals surface area contributed by atoms with Crippen LogP contribution in [0.4, 0.5) is 0 Å². The zero-order valence-electron chi connectivity index (χ0n) is 11.3. The fourth-order valence-electron chi connectivity index (χ4n) is 2.44. The van der Waals surface area contributed by atoms with Gasteiger partial charge in [-0.3, -0.25) is 9.36 Å². The van der Waals surface area contributed by atoms with E-state index in [1.54, 1.807) is 22.9 Å². The molecule has 1 N–H and O–H groups in total. The van der Waals surface area contributed by atoms with Crippen LogP contribution in [-0.4, -0.2) is 23.8 Å². The lowest BCUT2D eigenvalue weighted by Gasteiger charge is -2.12. The second-order valence-electron chi connectivity index (χ2n) is 5.01. The summed E-state index contributed by atoms with van der Waals surface area (Å²) in [6.07, 6.45) is 4.17. The first kappa shape index (κ1) is 12.9. The molecular weight excluding hydrogens is 252 g/mol. The molecule has 0 radical (unpaired) electrons. The van der Waals surface area contributed by atoms with Crippen molar-refractivity contribution in [2.75, 3.05) is 13.2 Å². The molecule has 2 heterocycles. The Morgan fingerprint density at radius 3 is 2.75 bits per heavy atom. The van der Waals surface area contributed by atoms with Crippen LogP contribution in [0.15, 0.2) is 53.5 Å². The highest BCUT2D eigenvalue weighted by Gasteiger charge is 2.14. The molecule has 4 nitrogen and oxygen atoms in total. The highest BCUT2D eigenvalue weighted by Crippen LogP contribution is 2.15. The first-order chi connectivity index (χ1) is 9.83. The normalized spacial score (nSPS) is 18.1. The summed E-state index contributed by atoms with van der Waals surface area (Å²) in [5, 5.41) is 3.40. The molecule has 0 saturated carbocycles. The zero-order chi connectivity index (χ0) is 13.8. The van der Waals surface area contributed by atoms with Gasteiger partial charge in [-0.1, -0.05) is 6.07 Å². The molecule has 20 heavy (non-hydrogen) atoms. The van der Waals surface area contributed by atoms with E-state index >= 15 is 0 Å². The number of nitrogens with one attached hydrogen (secondary N) is 1. The molecule has 1 aliphatic rings. The van der Waals surface area contributed by atoms with Gasteiger partial charge in [0.05, 0.1) is 0 Å². The number of ether oxygens (including phenoxy) is 1. The van der Waals surface area contributed by atoms with Gasteiger partial charge in [0.25, 0.3) is 5.56 Å². The van der Waals surface area contributed by atoms with Crippen LogP contribution in [0, 0.1) is 0 Å². The van der Waals surface area contributed by atoms with Gasteiger partial charge < -0.3 is 10.1 Å². The van der Waals surface area contributed by atoms with Gasteiger partial charge in [0, 0.05) is 24.0 Å². The third kappa shape index (κ3) is 2.91. The Kier molecular flexibility index (Phi) is 3.83. The van der Waals surface area contributed by atoms with Gasteiger partial charge >= 0.3 is 0 Å². The van der Waals surface area contributed by atoms with Crippen molar-refractivity contribution in [2.24, 2.45) is 0 Å². The maximum absolute atomic E-state index is 11.7. The molecule has 0 bridgehead atoms. The summed E-state index contributed by atoms with van der Waals surface area (Å²) in [6.45, 7) is 1.79. The van der Waals surface area contributed by atoms with E-state index in [9.17, 15) is 4.79 Å². The van der Waals surface area contributed by atoms with Crippen molar-refractivity contribution >= 4 is 0 Å². The lowest BCUT2D eigenvalue weighted by Crippen LogP contribution is -2.28. The van der Waals surface area contributed by atoms with Gasteiger partial charge in [-0.05, 0) is 49.7 Å². The lowest BCUT2D eigenvalue weighted by molar-refractivity contribution is 0.277. The number of rotatable bonds is 4. The summed E-state index contributed by atoms with van der Waals surface area (Å²) in [4.78, 5) is 11.7. The molecule has 0 spiro atoms. The van der Waals surface area contributed by atoms with Gasteiger partial charge in [0.1, 0.15) is 12.4 Å². The average Bonchev–Trinajstić information content (AvgIpc) is 3.00. The standard InChI is InChI=1S/C16H18N2O2/c19-16-5-1-2-11-18(16)14-6-8-15(9-7-14)20-12-13-4-3-10-17-13/h1-2,5-9,11,13,17H,3-4,10,12H2/t13-/m0/s1. The van der Waals surface area contributed by atoms with E-state index in [0.29, 0.717) is 12.6 Å². The van der Waals surface area contributed by atoms with E-state index in [1.165, 1.54) is 12.8 Å². The van der Waals surface area contributed by atoms with Crippen LogP contribution >= 0.6 is 0 Å². The van der Waals surface area contributed by atoms with Gasteiger partial charge in [-0.25, -0.2) is 0 Å². The quantitative estimate of drug-likeness (QED) is 0.923. The molecule has 0 unspecified atom stereocenters. The fourth-order valence-corrected chi connectivity index (χ4v) is 2.44. The Balaban J connectivity index is 1.68. The highest BCUT2D eigenvalue weighted by molar-refractivity contribution is 5.37. The second kappa shape index (κ2) is 5.92. The predicted octanol–water partition coefficient (Wildman–Crippen LogP) is 1.97. The topological polar surface area (TPSA) is 43.3 Å². The number of hydrogen-bond acceptors (Lipinski definition) is 3. The van der Waals surface area contributed by atoms with E-state index in [0.717, 1.165) is 18.0 Å². The number of pyridine rings is 1. The summed E-state index contributed by atoms with van der Waals surface area (Å²) in [5.74, 6) is 0.839. The van der Waals surface area contributed by atoms with E-state index in [1.807, 2.05) is 30.3 Å². The number of benzene rings is 1. The minimum absolute atomic E-state index is 0.0312. The molecule has 0 aliphatic carbocycles. The molecule has 104 valence electrons. The summed E-state index contributed by atoms with van der Waals surface area (Å²) in [5.41, 5.74) is 0.818. The minimum atomic E-state index is -0.0312. The molecule has 1 atom stereocenters. The monoisotopic (exact) mass is 270 g/mol. The molecule has 1 aromatic heterocycles. The van der Waals surface area contributed by atoms with Crippen molar-refractivity contribution in [1.29, 1.82) is 0 Å². The summed E-state index contributed by atoms with van der Waals surface area (Å²) < 4.78 is 7.37. The van der Waals surface area contributed by atoms with Crippen molar-refractivity contribution in [3.8, 4) is 11.4 Å². The molecule has 2 aromatic rings. The maximum Gasteiger partial charge on any atom is 0.255 e. The molecule has 4 heteroatoms. The van der Waals surface area contributed by atoms with E-state index in [4.69, 9.17) is 4.74 Å². The smallest absolute Gasteiger partial charge is 0.255 e. The Bertz CT molecular complexity index is 613. The van der Waals surface area contributed by atoms with Crippen LogP contribution in [-0.2, 0) is 0 Å². The van der Waals surface area contributed by atoms with Crippen molar-refractivity contribution < 1.29 is 4.74 Å². The van der Waals surface area contributed by atoms with Crippen LogP contribution in [0.3, 0.4) is 0 Å². The van der Waals surface area contributed by atoms with Gasteiger partial charge in [-0.15, -0.1) is 0 Å². The van der Waals surface area contributed by atoms with Crippen molar-refractivity contribution in [3.63, 3.8) is 0 Å². The number of aromatic nitrogens is 1. The van der Waals surface area contributed by atoms with Crippen LogP contribution < -0.4 is 15.6 Å². The van der Waals surface area contributed by atoms with Gasteiger partial charge in [-0.2, -0.15) is 0 Å². The van der Waals surface area contributed by atoms with Crippen LogP contribution in [0.25, 0.3) is 5.69 Å². The molecular formula is C16H18N2O2. The first-order valence-corrected chi connectivity index (χ1v) is 6.97. The van der Waals surface area contributed by atoms with Crippen LogP contribution in [0.2, 0.25) is 0 Å². The minimum Gasteiger partial charge on any atom is -0.492 e. The summed E-state index contributed by atoms with van der Waals surface area (Å²) >= 11 is 0. The summed E-state index contributed by atoms with van der Waals surface area (Å²) in [7, 11) is 0.